The number of carbonyl (C=O) groups excluding carboxylic acids is 2. The Bertz CT molecular complexity index is 928. The summed E-state index contributed by atoms with van der Waals surface area (Å²) < 4.78 is 11.2. The van der Waals surface area contributed by atoms with Gasteiger partial charge in [-0.15, -0.1) is 0 Å². The van der Waals surface area contributed by atoms with Crippen molar-refractivity contribution in [3.63, 3.8) is 0 Å². The van der Waals surface area contributed by atoms with Crippen molar-refractivity contribution in [3.05, 3.63) is 53.9 Å². The number of aromatic nitrogens is 1. The predicted molar refractivity (Wildman–Crippen MR) is 117 cm³/mol. The van der Waals surface area contributed by atoms with Gasteiger partial charge in [0.25, 0.3) is 0 Å². The number of pyridine rings is 1. The monoisotopic (exact) mass is 423 g/mol. The van der Waals surface area contributed by atoms with Gasteiger partial charge in [-0.05, 0) is 49.1 Å². The van der Waals surface area contributed by atoms with E-state index in [1.807, 2.05) is 42.2 Å². The molecular weight excluding hydrogens is 394 g/mol. The van der Waals surface area contributed by atoms with Crippen LogP contribution in [-0.4, -0.2) is 54.6 Å². The third-order valence-electron chi connectivity index (χ3n) is 5.96. The number of nitrogens with zero attached hydrogens (tertiary/aromatic N) is 3. The average Bonchev–Trinajstić information content (AvgIpc) is 3.43. The quantitative estimate of drug-likeness (QED) is 0.685. The zero-order valence-electron chi connectivity index (χ0n) is 18.1. The number of methoxy groups -OCH3 is 1. The molecule has 2 atom stereocenters. The number of amides is 2. The van der Waals surface area contributed by atoms with Gasteiger partial charge in [0.2, 0.25) is 11.8 Å². The van der Waals surface area contributed by atoms with E-state index in [4.69, 9.17) is 9.47 Å². The lowest BCUT2D eigenvalue weighted by Crippen LogP contribution is -2.41. The van der Waals surface area contributed by atoms with Crippen LogP contribution in [0.15, 0.2) is 42.7 Å². The van der Waals surface area contributed by atoms with Crippen LogP contribution in [0.25, 0.3) is 0 Å². The molecule has 2 aliphatic heterocycles. The number of aryl methyl sites for hydroxylation is 1. The van der Waals surface area contributed by atoms with Crippen LogP contribution in [0, 0.1) is 12.8 Å². The molecular formula is C24H29N3O4. The molecule has 2 aliphatic rings. The van der Waals surface area contributed by atoms with Crippen molar-refractivity contribution < 1.29 is 19.1 Å². The van der Waals surface area contributed by atoms with E-state index in [2.05, 4.69) is 4.98 Å². The van der Waals surface area contributed by atoms with Gasteiger partial charge in [-0.3, -0.25) is 14.6 Å². The topological polar surface area (TPSA) is 72.0 Å². The Hall–Kier alpha value is -2.93. The maximum atomic E-state index is 13.5. The largest absolute Gasteiger partial charge is 0.495 e. The summed E-state index contributed by atoms with van der Waals surface area (Å²) >= 11 is 0. The van der Waals surface area contributed by atoms with Gasteiger partial charge >= 0.3 is 0 Å². The van der Waals surface area contributed by atoms with Crippen molar-refractivity contribution in [1.29, 1.82) is 0 Å². The molecule has 31 heavy (non-hydrogen) atoms. The highest BCUT2D eigenvalue weighted by atomic mass is 16.5. The van der Waals surface area contributed by atoms with Gasteiger partial charge in [0.05, 0.1) is 24.8 Å². The van der Waals surface area contributed by atoms with Gasteiger partial charge in [-0.2, -0.15) is 0 Å². The summed E-state index contributed by atoms with van der Waals surface area (Å²) in [5.74, 6) is 0.178. The minimum atomic E-state index is -0.393. The van der Waals surface area contributed by atoms with Gasteiger partial charge in [-0.25, -0.2) is 0 Å². The molecule has 164 valence electrons. The third kappa shape index (κ3) is 4.88. The van der Waals surface area contributed by atoms with Crippen LogP contribution < -0.4 is 9.64 Å². The molecule has 7 heteroatoms. The first-order valence-electron chi connectivity index (χ1n) is 10.8. The van der Waals surface area contributed by atoms with Gasteiger partial charge in [0.15, 0.2) is 0 Å². The third-order valence-corrected chi connectivity index (χ3v) is 5.96. The Morgan fingerprint density at radius 2 is 2.23 bits per heavy atom. The van der Waals surface area contributed by atoms with E-state index in [0.717, 1.165) is 36.3 Å². The predicted octanol–water partition coefficient (Wildman–Crippen LogP) is 2.96. The summed E-state index contributed by atoms with van der Waals surface area (Å²) in [6, 6.07) is 9.58. The molecule has 2 amide bonds. The fraction of sp³-hybridized carbons (Fsp3) is 0.458. The molecule has 7 nitrogen and oxygen atoms in total. The SMILES string of the molecule is COc1ccc(C)cc1N1CC(C(=O)N(Cc2cccnc2)CC2CCCO2)CC1=O. The molecule has 0 spiro atoms. The second-order valence-electron chi connectivity index (χ2n) is 8.30. The Labute approximate surface area is 183 Å². The van der Waals surface area contributed by atoms with Crippen molar-refractivity contribution in [2.24, 2.45) is 5.92 Å². The van der Waals surface area contributed by atoms with Gasteiger partial charge in [0, 0.05) is 45.1 Å². The molecule has 2 unspecified atom stereocenters. The first-order valence-corrected chi connectivity index (χ1v) is 10.8. The van der Waals surface area contributed by atoms with E-state index >= 15 is 0 Å². The summed E-state index contributed by atoms with van der Waals surface area (Å²) in [7, 11) is 1.59. The number of hydrogen-bond donors (Lipinski definition) is 0. The molecule has 2 saturated heterocycles. The smallest absolute Gasteiger partial charge is 0.228 e. The Morgan fingerprint density at radius 1 is 1.35 bits per heavy atom. The molecule has 3 heterocycles. The first kappa shape index (κ1) is 21.3. The maximum Gasteiger partial charge on any atom is 0.228 e. The van der Waals surface area contributed by atoms with Crippen molar-refractivity contribution in [2.45, 2.75) is 38.8 Å². The summed E-state index contributed by atoms with van der Waals surface area (Å²) in [5, 5.41) is 0. The van der Waals surface area contributed by atoms with Crippen LogP contribution in [-0.2, 0) is 20.9 Å². The van der Waals surface area contributed by atoms with E-state index in [1.165, 1.54) is 0 Å². The van der Waals surface area contributed by atoms with Crippen LogP contribution in [0.1, 0.15) is 30.4 Å². The molecule has 0 radical (unpaired) electrons. The van der Waals surface area contributed by atoms with Gasteiger partial charge in [0.1, 0.15) is 5.75 Å². The highest BCUT2D eigenvalue weighted by molar-refractivity contribution is 6.01. The highest BCUT2D eigenvalue weighted by Gasteiger charge is 2.39. The second-order valence-corrected chi connectivity index (χ2v) is 8.30. The highest BCUT2D eigenvalue weighted by Crippen LogP contribution is 2.34. The zero-order chi connectivity index (χ0) is 21.8. The molecule has 1 aromatic heterocycles. The minimum Gasteiger partial charge on any atom is -0.495 e. The van der Waals surface area contributed by atoms with Crippen LogP contribution in [0.5, 0.6) is 5.75 Å². The molecule has 2 fully saturated rings. The van der Waals surface area contributed by atoms with E-state index in [0.29, 0.717) is 25.4 Å². The van der Waals surface area contributed by atoms with Crippen LogP contribution in [0.2, 0.25) is 0 Å². The fourth-order valence-electron chi connectivity index (χ4n) is 4.35. The minimum absolute atomic E-state index is 0.0122. The number of ether oxygens (including phenoxy) is 2. The summed E-state index contributed by atoms with van der Waals surface area (Å²) in [6.45, 7) is 4.06. The number of anilines is 1. The lowest BCUT2D eigenvalue weighted by molar-refractivity contribution is -0.138. The first-order chi connectivity index (χ1) is 15.0. The van der Waals surface area contributed by atoms with E-state index < -0.39 is 5.92 Å². The number of benzene rings is 1. The average molecular weight is 424 g/mol. The molecule has 0 bridgehead atoms. The molecule has 0 N–H and O–H groups in total. The van der Waals surface area contributed by atoms with Crippen molar-refractivity contribution >= 4 is 17.5 Å². The Kier molecular flexibility index (Phi) is 6.51. The van der Waals surface area contributed by atoms with E-state index in [-0.39, 0.29) is 24.3 Å². The van der Waals surface area contributed by atoms with Crippen molar-refractivity contribution in [1.82, 2.24) is 9.88 Å². The number of rotatable bonds is 7. The van der Waals surface area contributed by atoms with E-state index in [9.17, 15) is 9.59 Å². The normalized spacial score (nSPS) is 20.8. The summed E-state index contributed by atoms with van der Waals surface area (Å²) in [4.78, 5) is 34.1. The van der Waals surface area contributed by atoms with Crippen LogP contribution in [0.3, 0.4) is 0 Å². The lowest BCUT2D eigenvalue weighted by atomic mass is 10.1. The zero-order valence-corrected chi connectivity index (χ0v) is 18.1. The number of hydrogen-bond acceptors (Lipinski definition) is 5. The van der Waals surface area contributed by atoms with Crippen LogP contribution >= 0.6 is 0 Å². The van der Waals surface area contributed by atoms with Crippen molar-refractivity contribution in [3.8, 4) is 5.75 Å². The maximum absolute atomic E-state index is 13.5. The lowest BCUT2D eigenvalue weighted by Gasteiger charge is -2.28. The van der Waals surface area contributed by atoms with Crippen LogP contribution in [0.4, 0.5) is 5.69 Å². The second kappa shape index (κ2) is 9.47. The molecule has 1 aromatic carbocycles. The van der Waals surface area contributed by atoms with Crippen molar-refractivity contribution in [2.75, 3.05) is 31.7 Å². The van der Waals surface area contributed by atoms with E-state index in [1.54, 1.807) is 24.4 Å². The Morgan fingerprint density at radius 3 is 2.94 bits per heavy atom. The number of carbonyl (C=O) groups is 2. The summed E-state index contributed by atoms with van der Waals surface area (Å²) in [5.41, 5.74) is 2.73. The van der Waals surface area contributed by atoms with Gasteiger partial charge < -0.3 is 19.3 Å². The standard InChI is InChI=1S/C24H29N3O4/c1-17-7-8-22(30-2)21(11-17)27-15-19(12-23(27)28)24(29)26(16-20-6-4-10-31-20)14-18-5-3-9-25-13-18/h3,5,7-9,11,13,19-20H,4,6,10,12,14-16H2,1-2H3. The van der Waals surface area contributed by atoms with Gasteiger partial charge in [-0.1, -0.05) is 12.1 Å². The summed E-state index contributed by atoms with van der Waals surface area (Å²) in [6.07, 6.45) is 5.71. The molecule has 0 saturated carbocycles. The Balaban J connectivity index is 1.52. The fourth-order valence-corrected chi connectivity index (χ4v) is 4.35. The molecule has 4 rings (SSSR count). The molecule has 0 aliphatic carbocycles. The molecule has 2 aromatic rings.